The van der Waals surface area contributed by atoms with Gasteiger partial charge in [-0.1, -0.05) is 19.1 Å². The number of primary amides is 1. The van der Waals surface area contributed by atoms with E-state index in [0.29, 0.717) is 23.8 Å². The maximum Gasteiger partial charge on any atom is 0.239 e. The maximum atomic E-state index is 13.3. The zero-order valence-corrected chi connectivity index (χ0v) is 12.0. The molecule has 2 aromatic rings. The smallest absolute Gasteiger partial charge is 0.239 e. The highest BCUT2D eigenvalue weighted by Crippen LogP contribution is 2.21. The molecule has 1 heterocycles. The number of rotatable bonds is 6. The van der Waals surface area contributed by atoms with Gasteiger partial charge in [-0.15, -0.1) is 0 Å². The number of hydrogen-bond donors (Lipinski definition) is 2. The minimum Gasteiger partial charge on any atom is -0.368 e. The van der Waals surface area contributed by atoms with Gasteiger partial charge in [-0.2, -0.15) is 5.10 Å². The molecule has 0 saturated heterocycles. The summed E-state index contributed by atoms with van der Waals surface area (Å²) in [6, 6.07) is 5.14. The molecular weight excluding hydrogens is 273 g/mol. The molecule has 7 heteroatoms. The topological polar surface area (TPSA) is 87.9 Å². The number of aryl methyl sites for hydroxylation is 1. The minimum atomic E-state index is -0.726. The van der Waals surface area contributed by atoms with E-state index in [1.165, 1.54) is 12.1 Å². The molecule has 2 rings (SSSR count). The highest BCUT2D eigenvalue weighted by Gasteiger charge is 2.24. The maximum absolute atomic E-state index is 13.3. The molecule has 0 fully saturated rings. The van der Waals surface area contributed by atoms with Crippen molar-refractivity contribution in [3.63, 3.8) is 0 Å². The van der Waals surface area contributed by atoms with Crippen LogP contribution in [0.15, 0.2) is 24.3 Å². The number of aromatic amines is 1. The summed E-state index contributed by atoms with van der Waals surface area (Å²) in [6.07, 6.45) is 0.726. The lowest BCUT2D eigenvalue weighted by molar-refractivity contribution is -0.123. The molecule has 0 saturated carbocycles. The fourth-order valence-electron chi connectivity index (χ4n) is 2.20. The Morgan fingerprint density at radius 3 is 2.86 bits per heavy atom. The van der Waals surface area contributed by atoms with Gasteiger partial charge in [-0.05, 0) is 24.7 Å². The molecule has 1 amide bonds. The van der Waals surface area contributed by atoms with E-state index in [2.05, 4.69) is 15.2 Å². The van der Waals surface area contributed by atoms with Crippen molar-refractivity contribution in [2.45, 2.75) is 25.9 Å². The van der Waals surface area contributed by atoms with Crippen LogP contribution in [-0.2, 0) is 17.8 Å². The standard InChI is InChI=1S/C14H18FN5O/c1-3-11-17-12(19-18-11)8-20(2)13(14(16)21)9-5-4-6-10(15)7-9/h4-7,13H,3,8H2,1-2H3,(H2,16,21)(H,17,18,19)/t13-/m1/s1. The molecule has 6 nitrogen and oxygen atoms in total. The second kappa shape index (κ2) is 6.45. The van der Waals surface area contributed by atoms with Crippen LogP contribution < -0.4 is 5.73 Å². The summed E-state index contributed by atoms with van der Waals surface area (Å²) < 4.78 is 13.3. The second-order valence-corrected chi connectivity index (χ2v) is 4.83. The van der Waals surface area contributed by atoms with Crippen LogP contribution in [0.3, 0.4) is 0 Å². The molecule has 3 N–H and O–H groups in total. The molecule has 112 valence electrons. The first-order chi connectivity index (χ1) is 10.0. The summed E-state index contributed by atoms with van der Waals surface area (Å²) in [5.41, 5.74) is 5.97. The molecule has 1 aromatic heterocycles. The third kappa shape index (κ3) is 3.63. The van der Waals surface area contributed by atoms with Gasteiger partial charge in [-0.25, -0.2) is 9.37 Å². The van der Waals surface area contributed by atoms with Gasteiger partial charge in [0.05, 0.1) is 6.54 Å². The van der Waals surface area contributed by atoms with Crippen LogP contribution >= 0.6 is 0 Å². The van der Waals surface area contributed by atoms with E-state index < -0.39 is 17.8 Å². The Labute approximate surface area is 122 Å². The number of nitrogens with two attached hydrogens (primary N) is 1. The van der Waals surface area contributed by atoms with Crippen LogP contribution in [0.2, 0.25) is 0 Å². The van der Waals surface area contributed by atoms with Crippen LogP contribution in [0.25, 0.3) is 0 Å². The SMILES string of the molecule is CCc1n[nH]c(CN(C)[C@@H](C(N)=O)c2cccc(F)c2)n1. The lowest BCUT2D eigenvalue weighted by Crippen LogP contribution is -2.35. The first-order valence-corrected chi connectivity index (χ1v) is 6.66. The molecule has 0 unspecified atom stereocenters. The van der Waals surface area contributed by atoms with Crippen molar-refractivity contribution in [2.24, 2.45) is 5.73 Å². The van der Waals surface area contributed by atoms with Crippen LogP contribution in [0, 0.1) is 5.82 Å². The fraction of sp³-hybridized carbons (Fsp3) is 0.357. The molecule has 0 aliphatic rings. The second-order valence-electron chi connectivity index (χ2n) is 4.83. The lowest BCUT2D eigenvalue weighted by Gasteiger charge is -2.24. The van der Waals surface area contributed by atoms with Gasteiger partial charge in [0.15, 0.2) is 0 Å². The van der Waals surface area contributed by atoms with E-state index in [9.17, 15) is 9.18 Å². The van der Waals surface area contributed by atoms with Crippen LogP contribution in [0.1, 0.15) is 30.2 Å². The zero-order chi connectivity index (χ0) is 15.4. The molecule has 0 bridgehead atoms. The molecule has 1 aromatic carbocycles. The normalized spacial score (nSPS) is 12.6. The van der Waals surface area contributed by atoms with E-state index in [-0.39, 0.29) is 0 Å². The summed E-state index contributed by atoms with van der Waals surface area (Å²) in [5, 5.41) is 6.86. The molecule has 0 spiro atoms. The van der Waals surface area contributed by atoms with Crippen molar-refractivity contribution >= 4 is 5.91 Å². The van der Waals surface area contributed by atoms with E-state index in [4.69, 9.17) is 5.73 Å². The number of nitrogens with zero attached hydrogens (tertiary/aromatic N) is 3. The Balaban J connectivity index is 2.19. The summed E-state index contributed by atoms with van der Waals surface area (Å²) in [6.45, 7) is 2.31. The Bertz CT molecular complexity index is 627. The number of H-pyrrole nitrogens is 1. The van der Waals surface area contributed by atoms with Crippen molar-refractivity contribution in [2.75, 3.05) is 7.05 Å². The van der Waals surface area contributed by atoms with Gasteiger partial charge in [-0.3, -0.25) is 14.8 Å². The van der Waals surface area contributed by atoms with E-state index in [1.54, 1.807) is 24.1 Å². The van der Waals surface area contributed by atoms with Crippen molar-refractivity contribution in [1.29, 1.82) is 0 Å². The molecule has 1 atom stereocenters. The number of carbonyl (C=O) groups excluding carboxylic acids is 1. The van der Waals surface area contributed by atoms with Crippen molar-refractivity contribution < 1.29 is 9.18 Å². The lowest BCUT2D eigenvalue weighted by atomic mass is 10.0. The highest BCUT2D eigenvalue weighted by molar-refractivity contribution is 5.81. The van der Waals surface area contributed by atoms with Gasteiger partial charge < -0.3 is 5.73 Å². The van der Waals surface area contributed by atoms with E-state index in [0.717, 1.165) is 6.42 Å². The van der Waals surface area contributed by atoms with E-state index >= 15 is 0 Å². The summed E-state index contributed by atoms with van der Waals surface area (Å²) in [4.78, 5) is 17.7. The van der Waals surface area contributed by atoms with Crippen molar-refractivity contribution in [3.8, 4) is 0 Å². The molecule has 21 heavy (non-hydrogen) atoms. The Morgan fingerprint density at radius 2 is 2.29 bits per heavy atom. The number of nitrogens with one attached hydrogen (secondary N) is 1. The molecule has 0 aliphatic carbocycles. The number of benzene rings is 1. The van der Waals surface area contributed by atoms with Gasteiger partial charge >= 0.3 is 0 Å². The van der Waals surface area contributed by atoms with Crippen molar-refractivity contribution in [1.82, 2.24) is 20.1 Å². The number of likely N-dealkylation sites (N-methyl/N-ethyl adjacent to an activating group) is 1. The number of halogens is 1. The third-order valence-electron chi connectivity index (χ3n) is 3.17. The zero-order valence-electron chi connectivity index (χ0n) is 12.0. The number of aromatic nitrogens is 3. The quantitative estimate of drug-likeness (QED) is 0.836. The average Bonchev–Trinajstić information content (AvgIpc) is 2.86. The van der Waals surface area contributed by atoms with Gasteiger partial charge in [0, 0.05) is 6.42 Å². The fourth-order valence-corrected chi connectivity index (χ4v) is 2.20. The monoisotopic (exact) mass is 291 g/mol. The summed E-state index contributed by atoms with van der Waals surface area (Å²) in [7, 11) is 1.73. The summed E-state index contributed by atoms with van der Waals surface area (Å²) in [5.74, 6) is 0.398. The first kappa shape index (κ1) is 15.1. The predicted octanol–water partition coefficient (Wildman–Crippen LogP) is 1.16. The highest BCUT2D eigenvalue weighted by atomic mass is 19.1. The van der Waals surface area contributed by atoms with Crippen LogP contribution in [0.4, 0.5) is 4.39 Å². The van der Waals surface area contributed by atoms with Crippen LogP contribution in [-0.4, -0.2) is 33.0 Å². The number of hydrogen-bond acceptors (Lipinski definition) is 4. The first-order valence-electron chi connectivity index (χ1n) is 6.66. The predicted molar refractivity (Wildman–Crippen MR) is 75.6 cm³/mol. The Morgan fingerprint density at radius 1 is 1.52 bits per heavy atom. The molecule has 0 aliphatic heterocycles. The average molecular weight is 291 g/mol. The number of carbonyl (C=O) groups is 1. The van der Waals surface area contributed by atoms with Gasteiger partial charge in [0.2, 0.25) is 5.91 Å². The van der Waals surface area contributed by atoms with Crippen molar-refractivity contribution in [3.05, 3.63) is 47.3 Å². The third-order valence-corrected chi connectivity index (χ3v) is 3.17. The van der Waals surface area contributed by atoms with E-state index in [1.807, 2.05) is 6.92 Å². The Hall–Kier alpha value is -2.28. The summed E-state index contributed by atoms with van der Waals surface area (Å²) >= 11 is 0. The largest absolute Gasteiger partial charge is 0.368 e. The van der Waals surface area contributed by atoms with Gasteiger partial charge in [0.1, 0.15) is 23.5 Å². The van der Waals surface area contributed by atoms with Crippen LogP contribution in [0.5, 0.6) is 0 Å². The molecular formula is C14H18FN5O. The minimum absolute atomic E-state index is 0.358. The van der Waals surface area contributed by atoms with Gasteiger partial charge in [0.25, 0.3) is 0 Å². The molecule has 0 radical (unpaired) electrons. The number of amides is 1. The Kier molecular flexibility index (Phi) is 4.64.